The Hall–Kier alpha value is -1.61. The van der Waals surface area contributed by atoms with Crippen molar-refractivity contribution in [1.29, 1.82) is 0 Å². The van der Waals surface area contributed by atoms with Gasteiger partial charge in [-0.2, -0.15) is 0 Å². The minimum atomic E-state index is -3.48. The number of sulfonamides is 1. The van der Waals surface area contributed by atoms with Gasteiger partial charge in [0.05, 0.1) is 6.04 Å². The summed E-state index contributed by atoms with van der Waals surface area (Å²) in [6, 6.07) is 10.2. The molecule has 1 atom stereocenters. The number of carbonyl (C=O) groups is 1. The predicted molar refractivity (Wildman–Crippen MR) is 108 cm³/mol. The number of benzene rings is 1. The maximum Gasteiger partial charge on any atom is 0.317 e. The molecule has 1 aliphatic heterocycles. The molecule has 27 heavy (non-hydrogen) atoms. The van der Waals surface area contributed by atoms with Crippen molar-refractivity contribution < 1.29 is 13.2 Å². The van der Waals surface area contributed by atoms with Gasteiger partial charge in [-0.05, 0) is 48.9 Å². The van der Waals surface area contributed by atoms with E-state index < -0.39 is 10.0 Å². The van der Waals surface area contributed by atoms with E-state index in [0.29, 0.717) is 35.2 Å². The molecule has 9 heteroatoms. The molecule has 0 radical (unpaired) electrons. The Morgan fingerprint density at radius 2 is 2.00 bits per heavy atom. The molecule has 1 unspecified atom stereocenters. The molecule has 0 aliphatic carbocycles. The van der Waals surface area contributed by atoms with E-state index in [1.165, 1.54) is 11.3 Å². The highest BCUT2D eigenvalue weighted by atomic mass is 35.5. The van der Waals surface area contributed by atoms with Crippen LogP contribution in [-0.4, -0.2) is 38.5 Å². The predicted octanol–water partition coefficient (Wildman–Crippen LogP) is 3.62. The SMILES string of the molecule is CC(NC(=O)N1CCC(NS(=O)(=O)c2cccs2)CC1)c1cccc(Cl)c1. The lowest BCUT2D eigenvalue weighted by Gasteiger charge is -2.33. The summed E-state index contributed by atoms with van der Waals surface area (Å²) >= 11 is 7.20. The van der Waals surface area contributed by atoms with Gasteiger partial charge in [-0.15, -0.1) is 11.3 Å². The number of nitrogens with zero attached hydrogens (tertiary/aromatic N) is 1. The van der Waals surface area contributed by atoms with Crippen molar-refractivity contribution in [3.05, 3.63) is 52.4 Å². The number of urea groups is 1. The molecule has 0 saturated carbocycles. The average molecular weight is 428 g/mol. The topological polar surface area (TPSA) is 78.5 Å². The molecule has 2 amide bonds. The molecule has 0 bridgehead atoms. The smallest absolute Gasteiger partial charge is 0.317 e. The van der Waals surface area contributed by atoms with Crippen LogP contribution in [0.2, 0.25) is 5.02 Å². The molecule has 146 valence electrons. The minimum absolute atomic E-state index is 0.151. The normalized spacial score (nSPS) is 16.9. The van der Waals surface area contributed by atoms with Crippen LogP contribution < -0.4 is 10.0 Å². The highest BCUT2D eigenvalue weighted by molar-refractivity contribution is 7.91. The van der Waals surface area contributed by atoms with Crippen LogP contribution in [0.3, 0.4) is 0 Å². The number of amides is 2. The maximum atomic E-state index is 12.5. The second-order valence-corrected chi connectivity index (χ2v) is 9.87. The van der Waals surface area contributed by atoms with E-state index in [1.54, 1.807) is 28.5 Å². The summed E-state index contributed by atoms with van der Waals surface area (Å²) in [6.45, 7) is 2.92. The van der Waals surface area contributed by atoms with Gasteiger partial charge in [0.1, 0.15) is 4.21 Å². The third-order valence-corrected chi connectivity index (χ3v) is 7.71. The third-order valence-electron chi connectivity index (χ3n) is 4.55. The summed E-state index contributed by atoms with van der Waals surface area (Å²) in [4.78, 5) is 14.2. The van der Waals surface area contributed by atoms with Crippen LogP contribution in [0.5, 0.6) is 0 Å². The zero-order valence-electron chi connectivity index (χ0n) is 14.9. The van der Waals surface area contributed by atoms with Gasteiger partial charge in [0.25, 0.3) is 0 Å². The Morgan fingerprint density at radius 1 is 1.26 bits per heavy atom. The molecule has 1 aromatic carbocycles. The zero-order chi connectivity index (χ0) is 19.4. The van der Waals surface area contributed by atoms with Crippen molar-refractivity contribution in [2.45, 2.75) is 36.1 Å². The summed E-state index contributed by atoms with van der Waals surface area (Å²) < 4.78 is 27.7. The monoisotopic (exact) mass is 427 g/mol. The molecular weight excluding hydrogens is 406 g/mol. The summed E-state index contributed by atoms with van der Waals surface area (Å²) in [7, 11) is -3.48. The number of hydrogen-bond donors (Lipinski definition) is 2. The number of hydrogen-bond acceptors (Lipinski definition) is 4. The van der Waals surface area contributed by atoms with Gasteiger partial charge in [0, 0.05) is 24.2 Å². The highest BCUT2D eigenvalue weighted by Crippen LogP contribution is 2.20. The van der Waals surface area contributed by atoms with Crippen LogP contribution in [-0.2, 0) is 10.0 Å². The standard InChI is InChI=1S/C18H22ClN3O3S2/c1-13(14-4-2-5-15(19)12-14)20-18(23)22-9-7-16(8-10-22)21-27(24,25)17-6-3-11-26-17/h2-6,11-13,16,21H,7-10H2,1H3,(H,20,23). The molecular formula is C18H22ClN3O3S2. The van der Waals surface area contributed by atoms with Crippen molar-refractivity contribution in [2.75, 3.05) is 13.1 Å². The molecule has 2 N–H and O–H groups in total. The maximum absolute atomic E-state index is 12.5. The third kappa shape index (κ3) is 5.22. The van der Waals surface area contributed by atoms with Crippen molar-refractivity contribution in [3.8, 4) is 0 Å². The van der Waals surface area contributed by atoms with E-state index in [0.717, 1.165) is 5.56 Å². The highest BCUT2D eigenvalue weighted by Gasteiger charge is 2.27. The zero-order valence-corrected chi connectivity index (χ0v) is 17.3. The molecule has 6 nitrogen and oxygen atoms in total. The Morgan fingerprint density at radius 3 is 2.63 bits per heavy atom. The van der Waals surface area contributed by atoms with Crippen molar-refractivity contribution in [2.24, 2.45) is 0 Å². The first-order valence-corrected chi connectivity index (χ1v) is 11.5. The van der Waals surface area contributed by atoms with Crippen LogP contribution in [0.4, 0.5) is 4.79 Å². The van der Waals surface area contributed by atoms with E-state index in [2.05, 4.69) is 10.0 Å². The molecule has 1 aliphatic rings. The van der Waals surface area contributed by atoms with Gasteiger partial charge in [-0.25, -0.2) is 17.9 Å². The molecule has 1 fully saturated rings. The van der Waals surface area contributed by atoms with E-state index in [4.69, 9.17) is 11.6 Å². The number of halogens is 1. The Kier molecular flexibility index (Phi) is 6.41. The summed E-state index contributed by atoms with van der Waals surface area (Å²) in [5, 5.41) is 5.34. The molecule has 1 aromatic heterocycles. The van der Waals surface area contributed by atoms with Gasteiger partial charge in [0.2, 0.25) is 10.0 Å². The lowest BCUT2D eigenvalue weighted by molar-refractivity contribution is 0.177. The number of likely N-dealkylation sites (tertiary alicyclic amines) is 1. The number of carbonyl (C=O) groups excluding carboxylic acids is 1. The van der Waals surface area contributed by atoms with Gasteiger partial charge in [-0.1, -0.05) is 29.8 Å². The second kappa shape index (κ2) is 8.60. The van der Waals surface area contributed by atoms with Crippen molar-refractivity contribution in [1.82, 2.24) is 14.9 Å². The fourth-order valence-electron chi connectivity index (χ4n) is 3.03. The number of rotatable bonds is 5. The Bertz CT molecular complexity index is 879. The molecule has 2 heterocycles. The number of thiophene rings is 1. The van der Waals surface area contributed by atoms with Crippen LogP contribution in [0, 0.1) is 0 Å². The second-order valence-electron chi connectivity index (χ2n) is 6.54. The van der Waals surface area contributed by atoms with Crippen LogP contribution in [0.1, 0.15) is 31.4 Å². The van der Waals surface area contributed by atoms with E-state index >= 15 is 0 Å². The average Bonchev–Trinajstić information content (AvgIpc) is 3.17. The summed E-state index contributed by atoms with van der Waals surface area (Å²) in [5.74, 6) is 0. The van der Waals surface area contributed by atoms with Crippen molar-refractivity contribution >= 4 is 39.0 Å². The van der Waals surface area contributed by atoms with E-state index in [9.17, 15) is 13.2 Å². The molecule has 2 aromatic rings. The molecule has 3 rings (SSSR count). The Balaban J connectivity index is 1.50. The van der Waals surface area contributed by atoms with Crippen LogP contribution in [0.15, 0.2) is 46.0 Å². The van der Waals surface area contributed by atoms with E-state index in [1.807, 2.05) is 25.1 Å². The summed E-state index contributed by atoms with van der Waals surface area (Å²) in [5.41, 5.74) is 0.939. The van der Waals surface area contributed by atoms with Gasteiger partial charge >= 0.3 is 6.03 Å². The first-order chi connectivity index (χ1) is 12.8. The largest absolute Gasteiger partial charge is 0.331 e. The lowest BCUT2D eigenvalue weighted by atomic mass is 10.1. The number of piperidine rings is 1. The summed E-state index contributed by atoms with van der Waals surface area (Å²) in [6.07, 6.45) is 1.17. The quantitative estimate of drug-likeness (QED) is 0.764. The first-order valence-electron chi connectivity index (χ1n) is 8.72. The van der Waals surface area contributed by atoms with Gasteiger partial charge < -0.3 is 10.2 Å². The van der Waals surface area contributed by atoms with Crippen molar-refractivity contribution in [3.63, 3.8) is 0 Å². The molecule has 0 spiro atoms. The van der Waals surface area contributed by atoms with Gasteiger partial charge in [0.15, 0.2) is 0 Å². The van der Waals surface area contributed by atoms with E-state index in [-0.39, 0.29) is 18.1 Å². The fourth-order valence-corrected chi connectivity index (χ4v) is 5.54. The first kappa shape index (κ1) is 20.1. The minimum Gasteiger partial charge on any atom is -0.331 e. The van der Waals surface area contributed by atoms with Crippen LogP contribution in [0.25, 0.3) is 0 Å². The Labute approximate surface area is 168 Å². The number of nitrogens with one attached hydrogen (secondary N) is 2. The van der Waals surface area contributed by atoms with Crippen LogP contribution >= 0.6 is 22.9 Å². The fraction of sp³-hybridized carbons (Fsp3) is 0.389. The lowest BCUT2D eigenvalue weighted by Crippen LogP contribution is -2.49. The molecule has 1 saturated heterocycles. The van der Waals surface area contributed by atoms with Gasteiger partial charge in [-0.3, -0.25) is 0 Å².